The highest BCUT2D eigenvalue weighted by Gasteiger charge is 2.49. The number of hydrogen-bond donors (Lipinski definition) is 0. The van der Waals surface area contributed by atoms with Crippen LogP contribution in [0.2, 0.25) is 0 Å². The molecule has 2 fully saturated rings. The summed E-state index contributed by atoms with van der Waals surface area (Å²) in [5, 5.41) is 0. The number of hydrogen-bond acceptors (Lipinski definition) is 4. The van der Waals surface area contributed by atoms with Crippen molar-refractivity contribution in [2.45, 2.75) is 38.4 Å². The van der Waals surface area contributed by atoms with E-state index in [0.29, 0.717) is 18.7 Å². The number of sulfone groups is 1. The van der Waals surface area contributed by atoms with E-state index in [1.807, 2.05) is 31.5 Å². The molecule has 3 rings (SSSR count). The Labute approximate surface area is 160 Å². The van der Waals surface area contributed by atoms with Crippen LogP contribution in [0.25, 0.3) is 0 Å². The second-order valence-electron chi connectivity index (χ2n) is 8.56. The van der Waals surface area contributed by atoms with Gasteiger partial charge in [0.2, 0.25) is 0 Å². The van der Waals surface area contributed by atoms with Crippen molar-refractivity contribution in [1.29, 1.82) is 0 Å². The standard InChI is InChI=1S/C18H28N4O4S/c1-18(2,3)20-7-6-13(10-20)16(23)21-8-9-22(17(24)19(4)5)15-12-27(25,26)11-14(15)21/h6-7,10,14-15H,8-9,11-12H2,1-5H3/t14-,15+/m1/s1. The molecule has 150 valence electrons. The highest BCUT2D eigenvalue weighted by molar-refractivity contribution is 7.91. The Kier molecular flexibility index (Phi) is 4.78. The molecule has 3 amide bonds. The zero-order valence-corrected chi connectivity index (χ0v) is 17.4. The van der Waals surface area contributed by atoms with Crippen LogP contribution in [0, 0.1) is 0 Å². The number of carbonyl (C=O) groups excluding carboxylic acids is 2. The number of amides is 3. The Bertz CT molecular complexity index is 853. The molecule has 0 saturated carbocycles. The number of urea groups is 1. The van der Waals surface area contributed by atoms with Crippen LogP contribution < -0.4 is 0 Å². The van der Waals surface area contributed by atoms with Gasteiger partial charge in [0.05, 0.1) is 29.2 Å². The van der Waals surface area contributed by atoms with Gasteiger partial charge in [-0.3, -0.25) is 4.79 Å². The molecule has 3 heterocycles. The van der Waals surface area contributed by atoms with Crippen LogP contribution >= 0.6 is 0 Å². The normalized spacial score (nSPS) is 24.6. The molecule has 0 aliphatic carbocycles. The highest BCUT2D eigenvalue weighted by atomic mass is 32.2. The topological polar surface area (TPSA) is 82.9 Å². The van der Waals surface area contributed by atoms with Gasteiger partial charge in [0.1, 0.15) is 0 Å². The molecular weight excluding hydrogens is 368 g/mol. The van der Waals surface area contributed by atoms with E-state index >= 15 is 0 Å². The Hall–Kier alpha value is -2.03. The molecule has 27 heavy (non-hydrogen) atoms. The zero-order valence-electron chi connectivity index (χ0n) is 16.5. The monoisotopic (exact) mass is 396 g/mol. The van der Waals surface area contributed by atoms with E-state index in [1.54, 1.807) is 36.2 Å². The van der Waals surface area contributed by atoms with Crippen molar-refractivity contribution in [1.82, 2.24) is 19.3 Å². The fourth-order valence-corrected chi connectivity index (χ4v) is 5.79. The largest absolute Gasteiger partial charge is 0.348 e. The molecule has 1 aromatic heterocycles. The molecule has 2 aliphatic rings. The second kappa shape index (κ2) is 6.54. The van der Waals surface area contributed by atoms with Crippen LogP contribution in [0.1, 0.15) is 31.1 Å². The van der Waals surface area contributed by atoms with Gasteiger partial charge in [-0.25, -0.2) is 13.2 Å². The van der Waals surface area contributed by atoms with Crippen LogP contribution in [0.15, 0.2) is 18.5 Å². The van der Waals surface area contributed by atoms with E-state index in [0.717, 1.165) is 0 Å². The van der Waals surface area contributed by atoms with Gasteiger partial charge in [0.25, 0.3) is 5.91 Å². The van der Waals surface area contributed by atoms with Crippen LogP contribution in [-0.2, 0) is 15.4 Å². The molecule has 0 unspecified atom stereocenters. The van der Waals surface area contributed by atoms with Crippen LogP contribution in [0.5, 0.6) is 0 Å². The molecule has 0 aromatic carbocycles. The summed E-state index contributed by atoms with van der Waals surface area (Å²) in [6.07, 6.45) is 3.67. The van der Waals surface area contributed by atoms with Crippen molar-refractivity contribution in [2.75, 3.05) is 38.7 Å². The summed E-state index contributed by atoms with van der Waals surface area (Å²) in [6, 6.07) is 0.558. The molecule has 2 saturated heterocycles. The summed E-state index contributed by atoms with van der Waals surface area (Å²) in [5.74, 6) is -0.369. The molecule has 0 N–H and O–H groups in total. The Morgan fingerprint density at radius 3 is 2.15 bits per heavy atom. The number of carbonyl (C=O) groups is 2. The van der Waals surface area contributed by atoms with Crippen molar-refractivity contribution >= 4 is 21.8 Å². The highest BCUT2D eigenvalue weighted by Crippen LogP contribution is 2.29. The van der Waals surface area contributed by atoms with Crippen molar-refractivity contribution < 1.29 is 18.0 Å². The molecule has 2 aliphatic heterocycles. The van der Waals surface area contributed by atoms with Crippen molar-refractivity contribution in [2.24, 2.45) is 0 Å². The van der Waals surface area contributed by atoms with Crippen molar-refractivity contribution in [3.63, 3.8) is 0 Å². The second-order valence-corrected chi connectivity index (χ2v) is 10.7. The number of nitrogens with zero attached hydrogens (tertiary/aromatic N) is 4. The maximum absolute atomic E-state index is 13.1. The molecule has 0 radical (unpaired) electrons. The molecule has 0 spiro atoms. The predicted molar refractivity (Wildman–Crippen MR) is 102 cm³/mol. The molecule has 8 nitrogen and oxygen atoms in total. The first kappa shape index (κ1) is 19.7. The van der Waals surface area contributed by atoms with Crippen molar-refractivity contribution in [3.8, 4) is 0 Å². The van der Waals surface area contributed by atoms with E-state index < -0.39 is 21.9 Å². The van der Waals surface area contributed by atoms with Gasteiger partial charge in [0, 0.05) is 45.1 Å². The van der Waals surface area contributed by atoms with Crippen LogP contribution in [0.3, 0.4) is 0 Å². The summed E-state index contributed by atoms with van der Waals surface area (Å²) in [4.78, 5) is 30.2. The summed E-state index contributed by atoms with van der Waals surface area (Å²) in [5.41, 5.74) is 0.398. The third-order valence-electron chi connectivity index (χ3n) is 5.28. The lowest BCUT2D eigenvalue weighted by Gasteiger charge is -2.44. The average Bonchev–Trinajstić information content (AvgIpc) is 3.15. The molecular formula is C18H28N4O4S. The van der Waals surface area contributed by atoms with E-state index in [-0.39, 0.29) is 29.0 Å². The van der Waals surface area contributed by atoms with Gasteiger partial charge < -0.3 is 19.3 Å². The maximum atomic E-state index is 13.1. The first-order valence-electron chi connectivity index (χ1n) is 9.08. The lowest BCUT2D eigenvalue weighted by atomic mass is 10.0. The quantitative estimate of drug-likeness (QED) is 0.705. The minimum Gasteiger partial charge on any atom is -0.348 e. The Morgan fingerprint density at radius 2 is 1.63 bits per heavy atom. The number of fused-ring (bicyclic) bond motifs is 1. The van der Waals surface area contributed by atoms with Crippen LogP contribution in [0.4, 0.5) is 4.79 Å². The van der Waals surface area contributed by atoms with Gasteiger partial charge in [-0.15, -0.1) is 0 Å². The van der Waals surface area contributed by atoms with Gasteiger partial charge in [0.15, 0.2) is 9.84 Å². The lowest BCUT2D eigenvalue weighted by Crippen LogP contribution is -2.63. The molecule has 0 bridgehead atoms. The van der Waals surface area contributed by atoms with Gasteiger partial charge >= 0.3 is 6.03 Å². The summed E-state index contributed by atoms with van der Waals surface area (Å²) in [7, 11) is -0.00640. The average molecular weight is 397 g/mol. The summed E-state index contributed by atoms with van der Waals surface area (Å²) >= 11 is 0. The smallest absolute Gasteiger partial charge is 0.319 e. The Morgan fingerprint density at radius 1 is 1.07 bits per heavy atom. The van der Waals surface area contributed by atoms with Gasteiger partial charge in [-0.05, 0) is 26.8 Å². The first-order chi connectivity index (χ1) is 12.4. The van der Waals surface area contributed by atoms with Crippen molar-refractivity contribution in [3.05, 3.63) is 24.0 Å². The summed E-state index contributed by atoms with van der Waals surface area (Å²) in [6.45, 7) is 6.81. The third-order valence-corrected chi connectivity index (χ3v) is 6.98. The fraction of sp³-hybridized carbons (Fsp3) is 0.667. The minimum atomic E-state index is -3.30. The minimum absolute atomic E-state index is 0.0932. The SMILES string of the molecule is CN(C)C(=O)N1CCN(C(=O)c2ccn(C(C)(C)C)c2)[C@@H]2CS(=O)(=O)C[C@@H]21. The van der Waals surface area contributed by atoms with E-state index in [4.69, 9.17) is 0 Å². The number of aromatic nitrogens is 1. The first-order valence-corrected chi connectivity index (χ1v) is 10.9. The molecule has 1 aromatic rings. The predicted octanol–water partition coefficient (Wildman–Crippen LogP) is 0.848. The van der Waals surface area contributed by atoms with Gasteiger partial charge in [-0.1, -0.05) is 0 Å². The molecule has 2 atom stereocenters. The third kappa shape index (κ3) is 3.69. The van der Waals surface area contributed by atoms with Crippen LogP contribution in [-0.4, -0.2) is 90.4 Å². The number of rotatable bonds is 1. The van der Waals surface area contributed by atoms with E-state index in [2.05, 4.69) is 0 Å². The molecule has 9 heteroatoms. The Balaban J connectivity index is 1.88. The van der Waals surface area contributed by atoms with E-state index in [1.165, 1.54) is 4.90 Å². The lowest BCUT2D eigenvalue weighted by molar-refractivity contribution is 0.0393. The van der Waals surface area contributed by atoms with E-state index in [9.17, 15) is 18.0 Å². The number of piperazine rings is 1. The zero-order chi connectivity index (χ0) is 20.1. The fourth-order valence-electron chi connectivity index (χ4n) is 3.81. The summed E-state index contributed by atoms with van der Waals surface area (Å²) < 4.78 is 26.5. The maximum Gasteiger partial charge on any atom is 0.319 e. The van der Waals surface area contributed by atoms with Gasteiger partial charge in [-0.2, -0.15) is 0 Å².